The minimum Gasteiger partial charge on any atom is -0.496 e. The molecule has 2 rings (SSSR count). The first-order chi connectivity index (χ1) is 10.8. The minimum atomic E-state index is -0.145. The zero-order valence-electron chi connectivity index (χ0n) is 12.4. The van der Waals surface area contributed by atoms with Crippen molar-refractivity contribution in [2.45, 2.75) is 6.42 Å². The first kappa shape index (κ1) is 15.5. The van der Waals surface area contributed by atoms with Crippen LogP contribution < -0.4 is 10.2 Å². The fraction of sp³-hybridized carbons (Fsp3) is 0.111. The third kappa shape index (κ3) is 4.90. The van der Waals surface area contributed by atoms with Crippen molar-refractivity contribution in [3.63, 3.8) is 0 Å². The Morgan fingerprint density at radius 3 is 2.64 bits per heavy atom. The number of carbonyl (C=O) groups excluding carboxylic acids is 1. The Morgan fingerprint density at radius 1 is 1.14 bits per heavy atom. The van der Waals surface area contributed by atoms with Gasteiger partial charge in [0.25, 0.3) is 0 Å². The van der Waals surface area contributed by atoms with Crippen LogP contribution in [0.25, 0.3) is 6.08 Å². The van der Waals surface area contributed by atoms with Crippen molar-refractivity contribution in [1.29, 1.82) is 0 Å². The first-order valence-electron chi connectivity index (χ1n) is 6.95. The van der Waals surface area contributed by atoms with Crippen molar-refractivity contribution in [2.24, 2.45) is 5.10 Å². The van der Waals surface area contributed by atoms with Crippen molar-refractivity contribution in [1.82, 2.24) is 5.43 Å². The fourth-order valence-electron chi connectivity index (χ4n) is 1.92. The number of rotatable bonds is 6. The second-order valence-electron chi connectivity index (χ2n) is 4.58. The van der Waals surface area contributed by atoms with E-state index in [0.717, 1.165) is 16.9 Å². The lowest BCUT2D eigenvalue weighted by Gasteiger charge is -2.02. The van der Waals surface area contributed by atoms with Crippen molar-refractivity contribution < 1.29 is 9.53 Å². The highest BCUT2D eigenvalue weighted by atomic mass is 16.5. The highest BCUT2D eigenvalue weighted by Crippen LogP contribution is 2.18. The number of methoxy groups -OCH3 is 1. The van der Waals surface area contributed by atoms with Gasteiger partial charge in [0.1, 0.15) is 5.75 Å². The SMILES string of the molecule is COc1ccccc1/C=C/C=N/NC(=O)Cc1ccccc1. The van der Waals surface area contributed by atoms with Crippen LogP contribution in [0.3, 0.4) is 0 Å². The highest BCUT2D eigenvalue weighted by Gasteiger charge is 2.00. The third-order valence-corrected chi connectivity index (χ3v) is 2.97. The Balaban J connectivity index is 1.83. The fourth-order valence-corrected chi connectivity index (χ4v) is 1.92. The maximum Gasteiger partial charge on any atom is 0.244 e. The molecule has 0 radical (unpaired) electrons. The van der Waals surface area contributed by atoms with E-state index in [1.807, 2.05) is 60.7 Å². The molecule has 2 aromatic rings. The zero-order chi connectivity index (χ0) is 15.6. The van der Waals surface area contributed by atoms with Crippen LogP contribution in [0.5, 0.6) is 5.75 Å². The van der Waals surface area contributed by atoms with E-state index >= 15 is 0 Å². The number of hydrogen-bond acceptors (Lipinski definition) is 3. The van der Waals surface area contributed by atoms with Crippen LogP contribution in [0.1, 0.15) is 11.1 Å². The van der Waals surface area contributed by atoms with Crippen LogP contribution in [-0.2, 0) is 11.2 Å². The summed E-state index contributed by atoms with van der Waals surface area (Å²) in [5.41, 5.74) is 4.40. The number of benzene rings is 2. The van der Waals surface area contributed by atoms with Crippen molar-refractivity contribution in [3.05, 3.63) is 71.8 Å². The predicted octanol–water partition coefficient (Wildman–Crippen LogP) is 3.05. The van der Waals surface area contributed by atoms with E-state index in [2.05, 4.69) is 10.5 Å². The van der Waals surface area contributed by atoms with Crippen LogP contribution in [0.4, 0.5) is 0 Å². The van der Waals surface area contributed by atoms with Gasteiger partial charge < -0.3 is 4.74 Å². The molecule has 22 heavy (non-hydrogen) atoms. The second kappa shape index (κ2) is 8.42. The summed E-state index contributed by atoms with van der Waals surface area (Å²) in [6.07, 6.45) is 5.47. The largest absolute Gasteiger partial charge is 0.496 e. The molecular formula is C18H18N2O2. The lowest BCUT2D eigenvalue weighted by atomic mass is 10.1. The predicted molar refractivity (Wildman–Crippen MR) is 88.8 cm³/mol. The monoisotopic (exact) mass is 294 g/mol. The summed E-state index contributed by atoms with van der Waals surface area (Å²) >= 11 is 0. The van der Waals surface area contributed by atoms with Gasteiger partial charge in [0.15, 0.2) is 0 Å². The van der Waals surface area contributed by atoms with Gasteiger partial charge in [-0.3, -0.25) is 4.79 Å². The third-order valence-electron chi connectivity index (χ3n) is 2.97. The average Bonchev–Trinajstić information content (AvgIpc) is 2.56. The van der Waals surface area contributed by atoms with Crippen molar-refractivity contribution in [2.75, 3.05) is 7.11 Å². The van der Waals surface area contributed by atoms with E-state index in [0.29, 0.717) is 6.42 Å². The summed E-state index contributed by atoms with van der Waals surface area (Å²) in [5, 5.41) is 3.89. The topological polar surface area (TPSA) is 50.7 Å². The van der Waals surface area contributed by atoms with Gasteiger partial charge in [-0.05, 0) is 23.8 Å². The van der Waals surface area contributed by atoms with Crippen LogP contribution in [0.15, 0.2) is 65.8 Å². The molecule has 0 unspecified atom stereocenters. The van der Waals surface area contributed by atoms with E-state index in [4.69, 9.17) is 4.74 Å². The number of ether oxygens (including phenoxy) is 1. The molecule has 0 aliphatic heterocycles. The Morgan fingerprint density at radius 2 is 1.86 bits per heavy atom. The molecule has 0 fully saturated rings. The molecular weight excluding hydrogens is 276 g/mol. The number of nitrogens with one attached hydrogen (secondary N) is 1. The van der Waals surface area contributed by atoms with Crippen LogP contribution in [0, 0.1) is 0 Å². The Hall–Kier alpha value is -2.88. The van der Waals surface area contributed by atoms with E-state index in [1.54, 1.807) is 13.2 Å². The molecule has 0 aliphatic rings. The standard InChI is InChI=1S/C18H18N2O2/c1-22-17-12-6-5-10-16(17)11-7-13-19-20-18(21)14-15-8-3-2-4-9-15/h2-13H,14H2,1H3,(H,20,21)/b11-7+,19-13+. The van der Waals surface area contributed by atoms with E-state index in [-0.39, 0.29) is 5.91 Å². The molecule has 0 bridgehead atoms. The molecule has 0 heterocycles. The Labute approximate surface area is 130 Å². The molecule has 4 heteroatoms. The molecule has 0 spiro atoms. The minimum absolute atomic E-state index is 0.145. The molecule has 4 nitrogen and oxygen atoms in total. The van der Waals surface area contributed by atoms with Crippen LogP contribution >= 0.6 is 0 Å². The summed E-state index contributed by atoms with van der Waals surface area (Å²) < 4.78 is 5.24. The number of nitrogens with zero attached hydrogens (tertiary/aromatic N) is 1. The molecule has 0 aromatic heterocycles. The van der Waals surface area contributed by atoms with Gasteiger partial charge in [0.2, 0.25) is 5.91 Å². The van der Waals surface area contributed by atoms with Crippen molar-refractivity contribution >= 4 is 18.2 Å². The molecule has 0 atom stereocenters. The summed E-state index contributed by atoms with van der Waals surface area (Å²) in [7, 11) is 1.63. The van der Waals surface area contributed by atoms with Gasteiger partial charge in [-0.15, -0.1) is 0 Å². The average molecular weight is 294 g/mol. The smallest absolute Gasteiger partial charge is 0.244 e. The van der Waals surface area contributed by atoms with Crippen LogP contribution in [-0.4, -0.2) is 19.2 Å². The molecule has 0 saturated carbocycles. The van der Waals surface area contributed by atoms with Gasteiger partial charge in [-0.25, -0.2) is 5.43 Å². The number of para-hydroxylation sites is 1. The summed E-state index contributed by atoms with van der Waals surface area (Å²) in [5.74, 6) is 0.647. The van der Waals surface area contributed by atoms with Crippen LogP contribution in [0.2, 0.25) is 0 Å². The van der Waals surface area contributed by atoms with E-state index in [1.165, 1.54) is 6.21 Å². The van der Waals surface area contributed by atoms with Crippen molar-refractivity contribution in [3.8, 4) is 5.75 Å². The summed E-state index contributed by atoms with van der Waals surface area (Å²) in [6, 6.07) is 17.2. The lowest BCUT2D eigenvalue weighted by Crippen LogP contribution is -2.19. The molecule has 0 aliphatic carbocycles. The van der Waals surface area contributed by atoms with Gasteiger partial charge in [-0.2, -0.15) is 5.10 Å². The van der Waals surface area contributed by atoms with Gasteiger partial charge in [0.05, 0.1) is 13.5 Å². The molecule has 1 amide bonds. The number of allylic oxidation sites excluding steroid dienone is 1. The maximum atomic E-state index is 11.7. The normalized spacial score (nSPS) is 11.0. The number of hydrogen-bond donors (Lipinski definition) is 1. The molecule has 1 N–H and O–H groups in total. The second-order valence-corrected chi connectivity index (χ2v) is 4.58. The maximum absolute atomic E-state index is 11.7. The Kier molecular flexibility index (Phi) is 5.93. The first-order valence-corrected chi connectivity index (χ1v) is 6.95. The van der Waals surface area contributed by atoms with Gasteiger partial charge in [0, 0.05) is 11.8 Å². The zero-order valence-corrected chi connectivity index (χ0v) is 12.4. The lowest BCUT2D eigenvalue weighted by molar-refractivity contribution is -0.120. The Bertz CT molecular complexity index is 664. The molecule has 2 aromatic carbocycles. The number of carbonyl (C=O) groups is 1. The number of hydrazone groups is 1. The van der Waals surface area contributed by atoms with Gasteiger partial charge in [-0.1, -0.05) is 48.5 Å². The number of amides is 1. The van der Waals surface area contributed by atoms with Gasteiger partial charge >= 0.3 is 0 Å². The van der Waals surface area contributed by atoms with E-state index < -0.39 is 0 Å². The molecule has 112 valence electrons. The summed E-state index contributed by atoms with van der Waals surface area (Å²) in [6.45, 7) is 0. The molecule has 0 saturated heterocycles. The quantitative estimate of drug-likeness (QED) is 0.657. The summed E-state index contributed by atoms with van der Waals surface area (Å²) in [4.78, 5) is 11.7. The highest BCUT2D eigenvalue weighted by molar-refractivity contribution is 5.82. The van der Waals surface area contributed by atoms with E-state index in [9.17, 15) is 4.79 Å².